The summed E-state index contributed by atoms with van der Waals surface area (Å²) in [6.45, 7) is -6.66. The first-order valence-electron chi connectivity index (χ1n) is 25.4. The van der Waals surface area contributed by atoms with Crippen molar-refractivity contribution in [2.24, 2.45) is 5.73 Å². The number of carbonyl (C=O) groups excluding carboxylic acids is 5. The molecule has 1 fully saturated rings. The van der Waals surface area contributed by atoms with Gasteiger partial charge < -0.3 is 76.5 Å². The molecule has 0 aliphatic carbocycles. The number of aliphatic hydroxyl groups excluding tert-OH is 1. The summed E-state index contributed by atoms with van der Waals surface area (Å²) < 4.78 is 93.2. The second kappa shape index (κ2) is 30.8. The lowest BCUT2D eigenvalue weighted by molar-refractivity contribution is -0.140. The van der Waals surface area contributed by atoms with Gasteiger partial charge in [0, 0.05) is 24.8 Å². The zero-order valence-corrected chi connectivity index (χ0v) is 49.2. The van der Waals surface area contributed by atoms with Gasteiger partial charge >= 0.3 is 37.0 Å². The molecule has 15 N–H and O–H groups in total. The molecule has 3 unspecified atom stereocenters. The topological polar surface area (TPSA) is 600 Å². The molecule has 0 spiro atoms. The summed E-state index contributed by atoms with van der Waals surface area (Å²) in [5, 5.41) is 15.6. The molecule has 5 aromatic rings. The zero-order valence-electron chi connectivity index (χ0n) is 45.6. The largest absolute Gasteiger partial charge is 0.473 e. The molecule has 7 atom stereocenters. The van der Waals surface area contributed by atoms with Gasteiger partial charge in [0.15, 0.2) is 29.2 Å². The summed E-state index contributed by atoms with van der Waals surface area (Å²) in [4.78, 5) is 166. The molecule has 46 heteroatoms. The Bertz CT molecular complexity index is 3580. The number of rotatable bonds is 36. The number of unbranched alkanes of at least 4 members (excludes halogenated alkanes) is 2. The molecule has 0 radical (unpaired) electrons. The number of primary amides is 1. The van der Waals surface area contributed by atoms with Crippen molar-refractivity contribution in [1.29, 1.82) is 0 Å². The third kappa shape index (κ3) is 21.1. The Balaban J connectivity index is 0.934. The third-order valence-corrected chi connectivity index (χ3v) is 15.3. The average Bonchev–Trinajstić information content (AvgIpc) is 2.53. The van der Waals surface area contributed by atoms with Gasteiger partial charge in [-0.1, -0.05) is 0 Å². The molecule has 1 aliphatic heterocycles. The number of aromatic nitrogens is 10. The number of carbonyl (C=O) groups is 5. The lowest BCUT2D eigenvalue weighted by Crippen LogP contribution is -2.48. The second-order valence-corrected chi connectivity index (χ2v) is 24.0. The van der Waals surface area contributed by atoms with E-state index in [0.717, 1.165) is 39.2 Å². The van der Waals surface area contributed by atoms with Crippen molar-refractivity contribution in [3.05, 3.63) is 57.9 Å². The van der Waals surface area contributed by atoms with Crippen LogP contribution in [0.1, 0.15) is 37.5 Å². The van der Waals surface area contributed by atoms with E-state index in [4.69, 9.17) is 58.9 Å². The van der Waals surface area contributed by atoms with Gasteiger partial charge in [-0.15, -0.1) is 0 Å². The number of nitrogen functional groups attached to an aromatic ring is 2. The zero-order chi connectivity index (χ0) is 63.9. The maximum absolute atomic E-state index is 13.5. The quantitative estimate of drug-likeness (QED) is 0.0103. The standard InChI is InChI=1S/C41H61N17O25P4/c1-24-13-55(41(66)53-39(24)65)16-30(63)57(15-27(60)45-6-7-54(14-28(61)46-12-26(42)59)29(62)17-56-21-51-31-35(43)47-19-49-37(31)56)23-81-86(72,73)78-10-3-2-8-76-85(70,71)77-9-4-5-11-79-87(74,75)83-34-33(64)25(18-80-84(67,68)69)82-40(34)58-22-52-32-36(44)48-20-50-38(32)58/h13,19-22,25,33-34,40,64H,2-12,14-18,23H2,1H3,(H2,42,59)(H,45,60)(H,46,61)(H,70,71)(H,72,73)(H,74,75)(H2,43,47,49)(H2,44,48,50)(H,53,65,66)(H2,67,68,69)/t25-,33-,34-,40-/m1/s1. The normalized spacial score (nSPS) is 18.2. The molecule has 1 saturated heterocycles. The van der Waals surface area contributed by atoms with Crippen LogP contribution in [0.4, 0.5) is 11.6 Å². The number of nitrogens with zero attached hydrogens (tertiary/aromatic N) is 11. The first-order valence-corrected chi connectivity index (χ1v) is 31.4. The number of aryl methyl sites for hydroxylation is 1. The Morgan fingerprint density at radius 3 is 1.84 bits per heavy atom. The van der Waals surface area contributed by atoms with E-state index in [9.17, 15) is 71.6 Å². The summed E-state index contributed by atoms with van der Waals surface area (Å²) >= 11 is 0. The lowest BCUT2D eigenvalue weighted by Gasteiger charge is -2.25. The van der Waals surface area contributed by atoms with E-state index in [2.05, 4.69) is 45.1 Å². The summed E-state index contributed by atoms with van der Waals surface area (Å²) in [7, 11) is -19.9. The maximum Gasteiger partial charge on any atom is 0.473 e. The van der Waals surface area contributed by atoms with Gasteiger partial charge in [-0.3, -0.25) is 74.6 Å². The van der Waals surface area contributed by atoms with E-state index in [1.54, 1.807) is 0 Å². The van der Waals surface area contributed by atoms with E-state index in [0.29, 0.717) is 4.90 Å². The van der Waals surface area contributed by atoms with Gasteiger partial charge in [0.05, 0.1) is 58.8 Å². The number of ether oxygens (including phenoxy) is 1. The molecule has 42 nitrogen and oxygen atoms in total. The number of phosphoric ester groups is 4. The van der Waals surface area contributed by atoms with Crippen LogP contribution >= 0.6 is 31.3 Å². The van der Waals surface area contributed by atoms with E-state index >= 15 is 0 Å². The van der Waals surface area contributed by atoms with Crippen LogP contribution < -0.4 is 39.1 Å². The predicted octanol–water partition coefficient (Wildman–Crippen LogP) is -4.28. The summed E-state index contributed by atoms with van der Waals surface area (Å²) in [5.74, 6) is -4.40. The van der Waals surface area contributed by atoms with Crippen molar-refractivity contribution in [3.8, 4) is 0 Å². The van der Waals surface area contributed by atoms with Crippen LogP contribution in [0.5, 0.6) is 0 Å². The molecular formula is C41H61N17O25P4. The van der Waals surface area contributed by atoms with Crippen molar-refractivity contribution in [3.63, 3.8) is 0 Å². The molecule has 6 rings (SSSR count). The number of nitrogens with two attached hydrogens (primary N) is 3. The van der Waals surface area contributed by atoms with Gasteiger partial charge in [0.2, 0.25) is 29.5 Å². The number of fused-ring (bicyclic) bond motifs is 2. The second-order valence-electron chi connectivity index (χ2n) is 18.4. The highest BCUT2D eigenvalue weighted by Crippen LogP contribution is 2.50. The molecule has 5 amide bonds. The smallest absolute Gasteiger partial charge is 0.387 e. The van der Waals surface area contributed by atoms with Crippen molar-refractivity contribution < 1.29 is 108 Å². The number of hydrogen-bond donors (Lipinski definition) is 12. The fourth-order valence-electron chi connectivity index (χ4n) is 7.66. The van der Waals surface area contributed by atoms with Crippen LogP contribution in [0.3, 0.4) is 0 Å². The number of imidazole rings is 2. The van der Waals surface area contributed by atoms with Crippen LogP contribution in [-0.2, 0) is 91.7 Å². The summed E-state index contributed by atoms with van der Waals surface area (Å²) in [5.41, 5.74) is 15.5. The monoisotopic (exact) mass is 1320 g/mol. The molecule has 87 heavy (non-hydrogen) atoms. The fourth-order valence-corrected chi connectivity index (χ4v) is 10.5. The highest BCUT2D eigenvalue weighted by Gasteiger charge is 2.50. The van der Waals surface area contributed by atoms with Crippen molar-refractivity contribution in [2.45, 2.75) is 70.2 Å². The van der Waals surface area contributed by atoms with Crippen molar-refractivity contribution in [2.75, 3.05) is 84.0 Å². The predicted molar refractivity (Wildman–Crippen MR) is 290 cm³/mol. The van der Waals surface area contributed by atoms with Crippen LogP contribution in [0.2, 0.25) is 0 Å². The highest BCUT2D eigenvalue weighted by molar-refractivity contribution is 7.48. The van der Waals surface area contributed by atoms with E-state index in [1.807, 2.05) is 4.98 Å². The number of H-pyrrole nitrogens is 1. The fraction of sp³-hybridized carbons (Fsp3) is 0.537. The van der Waals surface area contributed by atoms with Crippen LogP contribution in [0, 0.1) is 6.92 Å². The van der Waals surface area contributed by atoms with Crippen LogP contribution in [-0.4, -0.2) is 208 Å². The summed E-state index contributed by atoms with van der Waals surface area (Å²) in [6.07, 6.45) is -1.29. The Labute approximate surface area is 488 Å². The Morgan fingerprint density at radius 1 is 0.701 bits per heavy atom. The van der Waals surface area contributed by atoms with Gasteiger partial charge in [-0.2, -0.15) is 0 Å². The van der Waals surface area contributed by atoms with Gasteiger partial charge in [-0.25, -0.2) is 53.0 Å². The Hall–Kier alpha value is -6.91. The molecule has 480 valence electrons. The van der Waals surface area contributed by atoms with E-state index < -0.39 is 169 Å². The maximum atomic E-state index is 13.5. The number of aromatic amines is 1. The highest BCUT2D eigenvalue weighted by atomic mass is 31.2. The Morgan fingerprint density at radius 2 is 1.23 bits per heavy atom. The van der Waals surface area contributed by atoms with Crippen LogP contribution in [0.25, 0.3) is 22.3 Å². The number of amides is 5. The van der Waals surface area contributed by atoms with Gasteiger partial charge in [0.25, 0.3) is 5.56 Å². The lowest BCUT2D eigenvalue weighted by atomic mass is 10.1. The van der Waals surface area contributed by atoms with Crippen LogP contribution in [0.15, 0.2) is 41.1 Å². The minimum atomic E-state index is -5.07. The number of hydrogen-bond acceptors (Lipinski definition) is 28. The molecule has 0 bridgehead atoms. The van der Waals surface area contributed by atoms with Gasteiger partial charge in [0.1, 0.15) is 68.4 Å². The minimum absolute atomic E-state index is 0.0260. The molecule has 0 aromatic carbocycles. The third-order valence-electron chi connectivity index (χ3n) is 11.9. The Kier molecular flexibility index (Phi) is 24.5. The van der Waals surface area contributed by atoms with Crippen molar-refractivity contribution >= 4 is 94.8 Å². The molecular weight excluding hydrogens is 1250 g/mol. The first kappa shape index (κ1) is 69.2. The number of aliphatic hydroxyl groups is 1. The SMILES string of the molecule is Cc1cn(CC(=O)N(COP(=O)(O)OCCCCOP(=O)(O)OCCCCOP(=O)(O)O[C@@H]2[C@H](O)[C@@H](COP(=O)(O)O)O[C@H]2n2cnc3c(N)ncnc32)CC(=O)NCCN(CC(=O)NCC(N)=O)C(=O)Cn2cnc3c(N)ncnc32)c(=O)[nH]c1=O. The average molecular weight is 1320 g/mol. The number of anilines is 2. The number of nitrogens with one attached hydrogen (secondary N) is 3. The van der Waals surface area contributed by atoms with E-state index in [-0.39, 0.29) is 78.3 Å². The molecule has 5 aromatic heterocycles. The number of phosphoric acid groups is 4. The van der Waals surface area contributed by atoms with Gasteiger partial charge in [-0.05, 0) is 32.6 Å². The molecule has 1 aliphatic rings. The first-order chi connectivity index (χ1) is 40.9. The molecule has 0 saturated carbocycles. The van der Waals surface area contributed by atoms with Crippen molar-refractivity contribution in [1.82, 2.24) is 69.0 Å². The minimum Gasteiger partial charge on any atom is -0.387 e. The van der Waals surface area contributed by atoms with E-state index in [1.165, 1.54) is 17.8 Å². The molecule has 6 heterocycles. The summed E-state index contributed by atoms with van der Waals surface area (Å²) in [6, 6.07) is 0.